The molecule has 8 nitrogen and oxygen atoms in total. The average Bonchev–Trinajstić information content (AvgIpc) is 3.33. The van der Waals surface area contributed by atoms with Gasteiger partial charge in [-0.05, 0) is 47.9 Å². The van der Waals surface area contributed by atoms with Crippen LogP contribution in [0.5, 0.6) is 0 Å². The summed E-state index contributed by atoms with van der Waals surface area (Å²) < 4.78 is 4.23. The van der Waals surface area contributed by atoms with Crippen LogP contribution >= 0.6 is 35.1 Å². The molecule has 3 aromatic carbocycles. The number of aromatic carboxylic acids is 1. The second-order valence-electron chi connectivity index (χ2n) is 7.82. The lowest BCUT2D eigenvalue weighted by Gasteiger charge is -2.15. The van der Waals surface area contributed by atoms with Crippen LogP contribution in [0.25, 0.3) is 10.8 Å². The third kappa shape index (κ3) is 6.48. The number of anilines is 2. The number of benzene rings is 3. The summed E-state index contributed by atoms with van der Waals surface area (Å²) in [6.45, 7) is 3.95. The van der Waals surface area contributed by atoms with Crippen molar-refractivity contribution in [3.8, 4) is 0 Å². The van der Waals surface area contributed by atoms with Crippen molar-refractivity contribution in [1.82, 2.24) is 9.36 Å². The highest BCUT2D eigenvalue weighted by molar-refractivity contribution is 8.00. The second kappa shape index (κ2) is 12.2. The first-order valence-corrected chi connectivity index (χ1v) is 14.1. The van der Waals surface area contributed by atoms with Gasteiger partial charge in [0.15, 0.2) is 0 Å². The molecule has 1 heterocycles. The van der Waals surface area contributed by atoms with Gasteiger partial charge < -0.3 is 10.4 Å². The Balaban J connectivity index is 1.49. The van der Waals surface area contributed by atoms with Gasteiger partial charge in [-0.2, -0.15) is 9.36 Å². The fourth-order valence-corrected chi connectivity index (χ4v) is 5.96. The molecule has 1 unspecified atom stereocenters. The summed E-state index contributed by atoms with van der Waals surface area (Å²) in [7, 11) is 0. The average molecular weight is 553 g/mol. The summed E-state index contributed by atoms with van der Waals surface area (Å²) in [5.41, 5.74) is 0.887. The summed E-state index contributed by atoms with van der Waals surface area (Å²) in [6.07, 6.45) is 0.594. The molecule has 3 N–H and O–H groups in total. The molecule has 2 amide bonds. The second-order valence-corrected chi connectivity index (χ2v) is 11.1. The van der Waals surface area contributed by atoms with Gasteiger partial charge in [0.1, 0.15) is 0 Å². The van der Waals surface area contributed by atoms with E-state index in [2.05, 4.69) is 20.0 Å². The van der Waals surface area contributed by atoms with Gasteiger partial charge in [0.05, 0.1) is 10.8 Å². The molecule has 11 heteroatoms. The van der Waals surface area contributed by atoms with Crippen LogP contribution in [0.4, 0.5) is 10.8 Å². The van der Waals surface area contributed by atoms with Crippen LogP contribution in [0, 0.1) is 0 Å². The third-order valence-corrected chi connectivity index (χ3v) is 8.16. The van der Waals surface area contributed by atoms with Crippen molar-refractivity contribution in [2.75, 3.05) is 16.4 Å². The molecule has 4 rings (SSSR count). The van der Waals surface area contributed by atoms with Crippen LogP contribution in [-0.4, -0.2) is 43.3 Å². The third-order valence-electron chi connectivity index (χ3n) is 5.32. The number of carboxylic acid groups (broad SMARTS) is 1. The summed E-state index contributed by atoms with van der Waals surface area (Å²) in [4.78, 5) is 42.9. The van der Waals surface area contributed by atoms with Crippen LogP contribution in [-0.2, 0) is 4.79 Å². The van der Waals surface area contributed by atoms with Gasteiger partial charge in [0.2, 0.25) is 16.2 Å². The molecule has 0 spiro atoms. The van der Waals surface area contributed by atoms with Gasteiger partial charge in [-0.3, -0.25) is 14.9 Å². The zero-order chi connectivity index (χ0) is 26.4. The number of carbonyl (C=O) groups excluding carboxylic acids is 2. The molecular formula is C26H24N4O4S3. The number of nitrogens with one attached hydrogen (secondary N) is 2. The molecule has 1 atom stereocenters. The molecule has 0 aliphatic carbocycles. The van der Waals surface area contributed by atoms with Gasteiger partial charge in [0.25, 0.3) is 5.91 Å². The monoisotopic (exact) mass is 552 g/mol. The Hall–Kier alpha value is -3.41. The predicted octanol–water partition coefficient (Wildman–Crippen LogP) is 6.26. The van der Waals surface area contributed by atoms with Crippen molar-refractivity contribution in [1.29, 1.82) is 0 Å². The van der Waals surface area contributed by atoms with E-state index in [0.717, 1.165) is 22.2 Å². The largest absolute Gasteiger partial charge is 0.478 e. The molecule has 0 fully saturated rings. The first-order valence-electron chi connectivity index (χ1n) is 11.5. The van der Waals surface area contributed by atoms with Crippen molar-refractivity contribution in [2.45, 2.75) is 35.6 Å². The minimum absolute atomic E-state index is 0.0696. The highest BCUT2D eigenvalue weighted by Gasteiger charge is 2.21. The minimum Gasteiger partial charge on any atom is -0.478 e. The Morgan fingerprint density at radius 2 is 1.73 bits per heavy atom. The molecule has 1 aromatic heterocycles. The number of carboxylic acids is 1. The van der Waals surface area contributed by atoms with E-state index in [1.54, 1.807) is 48.5 Å². The first-order chi connectivity index (χ1) is 17.9. The maximum Gasteiger partial charge on any atom is 0.336 e. The fourth-order valence-electron chi connectivity index (χ4n) is 3.67. The van der Waals surface area contributed by atoms with Crippen molar-refractivity contribution >= 4 is 74.4 Å². The number of hydrogen-bond acceptors (Lipinski definition) is 8. The number of hydrogen-bond donors (Lipinski definition) is 3. The van der Waals surface area contributed by atoms with Crippen molar-refractivity contribution < 1.29 is 19.5 Å². The van der Waals surface area contributed by atoms with E-state index in [4.69, 9.17) is 0 Å². The van der Waals surface area contributed by atoms with E-state index in [-0.39, 0.29) is 22.3 Å². The topological polar surface area (TPSA) is 121 Å². The molecule has 0 bridgehead atoms. The van der Waals surface area contributed by atoms with Gasteiger partial charge in [-0.15, -0.1) is 11.8 Å². The van der Waals surface area contributed by atoms with E-state index < -0.39 is 11.9 Å². The summed E-state index contributed by atoms with van der Waals surface area (Å²) in [5, 5.41) is 17.1. The summed E-state index contributed by atoms with van der Waals surface area (Å²) in [5.74, 6) is -0.820. The van der Waals surface area contributed by atoms with Crippen molar-refractivity contribution in [3.05, 3.63) is 71.8 Å². The normalized spacial score (nSPS) is 11.7. The lowest BCUT2D eigenvalue weighted by molar-refractivity contribution is -0.115. The molecule has 0 radical (unpaired) electrons. The van der Waals surface area contributed by atoms with Gasteiger partial charge >= 0.3 is 5.97 Å². The van der Waals surface area contributed by atoms with Crippen LogP contribution in [0.1, 0.15) is 41.0 Å². The Morgan fingerprint density at radius 3 is 2.43 bits per heavy atom. The Labute approximate surface area is 226 Å². The number of aromatic nitrogens is 2. The first kappa shape index (κ1) is 26.6. The summed E-state index contributed by atoms with van der Waals surface area (Å²) >= 11 is 4.06. The number of nitrogens with zero attached hydrogens (tertiary/aromatic N) is 2. The molecule has 4 aromatic rings. The van der Waals surface area contributed by atoms with E-state index in [0.29, 0.717) is 33.2 Å². The number of thioether (sulfide) groups is 2. The van der Waals surface area contributed by atoms with Gasteiger partial charge in [0, 0.05) is 33.1 Å². The maximum atomic E-state index is 13.2. The van der Waals surface area contributed by atoms with Crippen LogP contribution in [0.15, 0.2) is 70.7 Å². The summed E-state index contributed by atoms with van der Waals surface area (Å²) in [6, 6.07) is 17.2. The smallest absolute Gasteiger partial charge is 0.336 e. The highest BCUT2D eigenvalue weighted by Crippen LogP contribution is 2.30. The Bertz CT molecular complexity index is 1450. The van der Waals surface area contributed by atoms with Crippen molar-refractivity contribution in [2.24, 2.45) is 0 Å². The molecule has 0 aliphatic heterocycles. The molecular weight excluding hydrogens is 529 g/mol. The van der Waals surface area contributed by atoms with Crippen molar-refractivity contribution in [3.63, 3.8) is 0 Å². The zero-order valence-corrected chi connectivity index (χ0v) is 22.5. The van der Waals surface area contributed by atoms with Gasteiger partial charge in [-0.1, -0.05) is 55.9 Å². The van der Waals surface area contributed by atoms with Gasteiger partial charge in [-0.25, -0.2) is 4.79 Å². The fraction of sp³-hybridized carbons (Fsp3) is 0.192. The van der Waals surface area contributed by atoms with E-state index in [9.17, 15) is 19.5 Å². The quantitative estimate of drug-likeness (QED) is 0.197. The van der Waals surface area contributed by atoms with Crippen LogP contribution in [0.2, 0.25) is 0 Å². The Kier molecular flexibility index (Phi) is 8.80. The lowest BCUT2D eigenvalue weighted by Crippen LogP contribution is -2.24. The standard InChI is InChI=1S/C26H24N4O4S3/c1-3-20(23(32)28-25-29-26(30-37-25)35-4-2)36-17-11-7-10-16(14-17)27-22(31)18-12-5-8-15-9-6-13-19(21(15)18)24(33)34/h5-14,20H,3-4H2,1-2H3,(H,27,31)(H,33,34)(H,28,29,30,32). The molecule has 37 heavy (non-hydrogen) atoms. The minimum atomic E-state index is -1.10. The van der Waals surface area contributed by atoms with Crippen LogP contribution < -0.4 is 10.6 Å². The number of amides is 2. The number of carbonyl (C=O) groups is 3. The van der Waals surface area contributed by atoms with Crippen LogP contribution in [0.3, 0.4) is 0 Å². The molecule has 190 valence electrons. The zero-order valence-electron chi connectivity index (χ0n) is 20.1. The number of rotatable bonds is 10. The van der Waals surface area contributed by atoms with E-state index in [1.165, 1.54) is 29.6 Å². The Morgan fingerprint density at radius 1 is 1.00 bits per heavy atom. The highest BCUT2D eigenvalue weighted by atomic mass is 32.2. The predicted molar refractivity (Wildman–Crippen MR) is 150 cm³/mol. The molecule has 0 saturated carbocycles. The SMILES string of the molecule is CCSc1nsc(NC(=O)C(CC)Sc2cccc(NC(=O)c3cccc4cccc(C(=O)O)c34)c2)n1. The number of fused-ring (bicyclic) bond motifs is 1. The van der Waals surface area contributed by atoms with E-state index >= 15 is 0 Å². The molecule has 0 aliphatic rings. The van der Waals surface area contributed by atoms with E-state index in [1.807, 2.05) is 19.9 Å². The maximum absolute atomic E-state index is 13.2. The lowest BCUT2D eigenvalue weighted by atomic mass is 9.98. The molecule has 0 saturated heterocycles.